The Morgan fingerprint density at radius 1 is 1.00 bits per heavy atom. The first-order valence-electron chi connectivity index (χ1n) is 7.10. The van der Waals surface area contributed by atoms with Crippen LogP contribution in [0.3, 0.4) is 0 Å². The minimum atomic E-state index is -1.17. The van der Waals surface area contributed by atoms with Crippen LogP contribution in [-0.4, -0.2) is 46.8 Å². The van der Waals surface area contributed by atoms with Gasteiger partial charge in [0, 0.05) is 12.2 Å². The quantitative estimate of drug-likeness (QED) is 0.660. The summed E-state index contributed by atoms with van der Waals surface area (Å²) < 4.78 is 3.13. The molecule has 0 aliphatic carbocycles. The van der Waals surface area contributed by atoms with Crippen LogP contribution in [0, 0.1) is 0 Å². The molecule has 1 aromatic carbocycles. The van der Waals surface area contributed by atoms with Crippen molar-refractivity contribution < 1.29 is 5.11 Å². The Kier molecular flexibility index (Phi) is 4.98. The molecule has 0 bridgehead atoms. The van der Waals surface area contributed by atoms with Gasteiger partial charge in [-0.3, -0.25) is 0 Å². The first-order valence-corrected chi connectivity index (χ1v) is 7.86. The Balaban J connectivity index is 1.74. The number of halogens is 2. The third-order valence-electron chi connectivity index (χ3n) is 3.39. The van der Waals surface area contributed by atoms with E-state index in [2.05, 4.69) is 25.5 Å². The normalized spacial score (nSPS) is 11.6. The molecule has 3 rings (SSSR count). The van der Waals surface area contributed by atoms with Crippen molar-refractivity contribution in [3.05, 3.63) is 53.6 Å². The first-order chi connectivity index (χ1) is 11.5. The minimum Gasteiger partial charge on any atom is -0.384 e. The van der Waals surface area contributed by atoms with E-state index in [0.717, 1.165) is 5.69 Å². The smallest absolute Gasteiger partial charge is 0.137 e. The van der Waals surface area contributed by atoms with Crippen molar-refractivity contribution in [3.8, 4) is 0 Å². The summed E-state index contributed by atoms with van der Waals surface area (Å²) in [5.74, 6) is 0. The third kappa shape index (κ3) is 4.22. The summed E-state index contributed by atoms with van der Waals surface area (Å²) in [5.41, 5.74) is -0.423. The van der Waals surface area contributed by atoms with Crippen molar-refractivity contribution in [2.24, 2.45) is 0 Å². The molecule has 2 aromatic heterocycles. The highest BCUT2D eigenvalue weighted by atomic mass is 35.5. The summed E-state index contributed by atoms with van der Waals surface area (Å²) in [4.78, 5) is 7.79. The van der Waals surface area contributed by atoms with Gasteiger partial charge in [0.25, 0.3) is 0 Å². The number of hydrogen-bond donors (Lipinski definition) is 2. The van der Waals surface area contributed by atoms with Crippen LogP contribution < -0.4 is 5.32 Å². The van der Waals surface area contributed by atoms with Crippen LogP contribution in [0.1, 0.15) is 0 Å². The van der Waals surface area contributed by atoms with Gasteiger partial charge in [0.1, 0.15) is 30.9 Å². The fraction of sp³-hybridized carbons (Fsp3) is 0.286. The Morgan fingerprint density at radius 3 is 2.12 bits per heavy atom. The monoisotopic (exact) mass is 367 g/mol. The summed E-state index contributed by atoms with van der Waals surface area (Å²) >= 11 is 11.9. The fourth-order valence-electron chi connectivity index (χ4n) is 2.27. The molecule has 0 atom stereocenters. The average molecular weight is 368 g/mol. The number of nitrogens with one attached hydrogen (secondary N) is 1. The van der Waals surface area contributed by atoms with E-state index in [1.165, 1.54) is 12.7 Å². The molecular weight excluding hydrogens is 353 g/mol. The number of rotatable bonds is 7. The van der Waals surface area contributed by atoms with Crippen molar-refractivity contribution in [2.75, 3.05) is 11.9 Å². The SMILES string of the molecule is OC(CNc1ccc(Cl)c(Cl)c1)(Cn1cncn1)Cn1cncn1. The summed E-state index contributed by atoms with van der Waals surface area (Å²) in [6.45, 7) is 0.715. The maximum absolute atomic E-state index is 11.0. The summed E-state index contributed by atoms with van der Waals surface area (Å²) in [5, 5.41) is 23.2. The topological polar surface area (TPSA) is 93.7 Å². The van der Waals surface area contributed by atoms with E-state index in [1.54, 1.807) is 40.2 Å². The van der Waals surface area contributed by atoms with Gasteiger partial charge in [-0.2, -0.15) is 10.2 Å². The Bertz CT molecular complexity index is 740. The minimum absolute atomic E-state index is 0.237. The fourth-order valence-corrected chi connectivity index (χ4v) is 2.56. The van der Waals surface area contributed by atoms with E-state index in [0.29, 0.717) is 10.0 Å². The predicted molar refractivity (Wildman–Crippen MR) is 89.9 cm³/mol. The number of benzene rings is 1. The highest BCUT2D eigenvalue weighted by Gasteiger charge is 2.29. The molecule has 0 amide bonds. The second-order valence-electron chi connectivity index (χ2n) is 5.39. The molecule has 3 aromatic rings. The molecule has 2 heterocycles. The van der Waals surface area contributed by atoms with Crippen molar-refractivity contribution >= 4 is 28.9 Å². The zero-order valence-corrected chi connectivity index (χ0v) is 14.1. The largest absolute Gasteiger partial charge is 0.384 e. The highest BCUT2D eigenvalue weighted by Crippen LogP contribution is 2.25. The lowest BCUT2D eigenvalue weighted by Gasteiger charge is -2.28. The lowest BCUT2D eigenvalue weighted by Crippen LogP contribution is -2.45. The zero-order chi connectivity index (χ0) is 17.0. The second-order valence-corrected chi connectivity index (χ2v) is 6.21. The van der Waals surface area contributed by atoms with Crippen LogP contribution >= 0.6 is 23.2 Å². The van der Waals surface area contributed by atoms with Crippen LogP contribution in [0.25, 0.3) is 0 Å². The second kappa shape index (κ2) is 7.16. The van der Waals surface area contributed by atoms with Gasteiger partial charge in [-0.1, -0.05) is 23.2 Å². The van der Waals surface area contributed by atoms with E-state index in [-0.39, 0.29) is 19.6 Å². The average Bonchev–Trinajstić information content (AvgIpc) is 3.22. The van der Waals surface area contributed by atoms with Crippen LogP contribution in [0.5, 0.6) is 0 Å². The van der Waals surface area contributed by atoms with Crippen molar-refractivity contribution in [1.82, 2.24) is 29.5 Å². The predicted octanol–water partition coefficient (Wildman–Crippen LogP) is 1.72. The molecule has 0 aliphatic heterocycles. The highest BCUT2D eigenvalue weighted by molar-refractivity contribution is 6.42. The lowest BCUT2D eigenvalue weighted by atomic mass is 10.0. The van der Waals surface area contributed by atoms with Gasteiger partial charge in [-0.15, -0.1) is 0 Å². The van der Waals surface area contributed by atoms with Crippen LogP contribution in [0.2, 0.25) is 10.0 Å². The summed E-state index contributed by atoms with van der Waals surface area (Å²) in [7, 11) is 0. The van der Waals surface area contributed by atoms with Gasteiger partial charge >= 0.3 is 0 Å². The van der Waals surface area contributed by atoms with E-state index < -0.39 is 5.60 Å². The maximum Gasteiger partial charge on any atom is 0.137 e. The van der Waals surface area contributed by atoms with Gasteiger partial charge in [-0.25, -0.2) is 19.3 Å². The Morgan fingerprint density at radius 2 is 1.62 bits per heavy atom. The van der Waals surface area contributed by atoms with E-state index >= 15 is 0 Å². The lowest BCUT2D eigenvalue weighted by molar-refractivity contribution is 0.0121. The van der Waals surface area contributed by atoms with Crippen LogP contribution in [0.15, 0.2) is 43.5 Å². The maximum atomic E-state index is 11.0. The Hall–Kier alpha value is -2.16. The summed E-state index contributed by atoms with van der Waals surface area (Å²) in [6, 6.07) is 5.19. The van der Waals surface area contributed by atoms with Gasteiger partial charge in [0.15, 0.2) is 0 Å². The van der Waals surface area contributed by atoms with E-state index in [4.69, 9.17) is 23.2 Å². The number of nitrogens with zero attached hydrogens (tertiary/aromatic N) is 6. The van der Waals surface area contributed by atoms with Crippen molar-refractivity contribution in [1.29, 1.82) is 0 Å². The van der Waals surface area contributed by atoms with Crippen LogP contribution in [-0.2, 0) is 13.1 Å². The van der Waals surface area contributed by atoms with Crippen molar-refractivity contribution in [2.45, 2.75) is 18.7 Å². The molecule has 0 unspecified atom stereocenters. The number of aliphatic hydroxyl groups is 1. The molecule has 10 heteroatoms. The molecule has 0 saturated heterocycles. The molecular formula is C14H15Cl2N7O. The molecule has 24 heavy (non-hydrogen) atoms. The Labute approximate surface area is 148 Å². The standard InChI is InChI=1S/C14H15Cl2N7O/c15-12-2-1-11(3-13(12)16)19-4-14(24,5-22-9-17-7-20-22)6-23-10-18-8-21-23/h1-3,7-10,19,24H,4-6H2. The first kappa shape index (κ1) is 16.7. The van der Waals surface area contributed by atoms with Gasteiger partial charge in [0.2, 0.25) is 0 Å². The molecule has 0 radical (unpaired) electrons. The molecule has 0 saturated carbocycles. The van der Waals surface area contributed by atoms with Crippen LogP contribution in [0.4, 0.5) is 5.69 Å². The van der Waals surface area contributed by atoms with E-state index in [1.807, 2.05) is 0 Å². The summed E-state index contributed by atoms with van der Waals surface area (Å²) in [6.07, 6.45) is 5.93. The molecule has 0 spiro atoms. The number of anilines is 1. The molecule has 0 aliphatic rings. The molecule has 0 fully saturated rings. The van der Waals surface area contributed by atoms with Gasteiger partial charge in [-0.05, 0) is 18.2 Å². The van der Waals surface area contributed by atoms with Crippen molar-refractivity contribution in [3.63, 3.8) is 0 Å². The number of aromatic nitrogens is 6. The number of hydrogen-bond acceptors (Lipinski definition) is 6. The molecule has 8 nitrogen and oxygen atoms in total. The third-order valence-corrected chi connectivity index (χ3v) is 4.13. The molecule has 2 N–H and O–H groups in total. The van der Waals surface area contributed by atoms with E-state index in [9.17, 15) is 5.11 Å². The van der Waals surface area contributed by atoms with Gasteiger partial charge < -0.3 is 10.4 Å². The molecule has 126 valence electrons. The zero-order valence-electron chi connectivity index (χ0n) is 12.5. The van der Waals surface area contributed by atoms with Gasteiger partial charge in [0.05, 0.1) is 23.1 Å².